The van der Waals surface area contributed by atoms with Gasteiger partial charge < -0.3 is 16.0 Å². The predicted octanol–water partition coefficient (Wildman–Crippen LogP) is 2.37. The number of hydrogen-bond acceptors (Lipinski definition) is 3. The van der Waals surface area contributed by atoms with E-state index in [1.165, 1.54) is 0 Å². The van der Waals surface area contributed by atoms with Gasteiger partial charge in [0.15, 0.2) is 0 Å². The second-order valence-corrected chi connectivity index (χ2v) is 5.29. The van der Waals surface area contributed by atoms with Crippen LogP contribution in [0.15, 0.2) is 18.2 Å². The Labute approximate surface area is 116 Å². The summed E-state index contributed by atoms with van der Waals surface area (Å²) in [7, 11) is 3.98. The van der Waals surface area contributed by atoms with Gasteiger partial charge in [0.2, 0.25) is 5.91 Å². The van der Waals surface area contributed by atoms with Crippen LogP contribution in [0.2, 0.25) is 0 Å². The summed E-state index contributed by atoms with van der Waals surface area (Å²) in [5, 5.41) is 2.91. The lowest BCUT2D eigenvalue weighted by Crippen LogP contribution is -2.40. The van der Waals surface area contributed by atoms with Crippen molar-refractivity contribution < 1.29 is 4.79 Å². The van der Waals surface area contributed by atoms with Gasteiger partial charge in [-0.15, -0.1) is 0 Å². The molecule has 0 aliphatic carbocycles. The van der Waals surface area contributed by atoms with E-state index in [4.69, 9.17) is 5.73 Å². The third-order valence-corrected chi connectivity index (χ3v) is 3.54. The minimum Gasteiger partial charge on any atom is -0.378 e. The second kappa shape index (κ2) is 6.57. The van der Waals surface area contributed by atoms with Gasteiger partial charge in [0.1, 0.15) is 0 Å². The zero-order chi connectivity index (χ0) is 14.6. The number of carbonyl (C=O) groups is 1. The number of nitrogens with one attached hydrogen (secondary N) is 1. The Balaban J connectivity index is 2.80. The third-order valence-electron chi connectivity index (χ3n) is 3.54. The van der Waals surface area contributed by atoms with Gasteiger partial charge in [0.25, 0.3) is 0 Å². The van der Waals surface area contributed by atoms with Crippen molar-refractivity contribution in [3.8, 4) is 0 Å². The van der Waals surface area contributed by atoms with E-state index in [2.05, 4.69) is 5.32 Å². The number of anilines is 2. The molecule has 2 atom stereocenters. The molecule has 1 amide bonds. The summed E-state index contributed by atoms with van der Waals surface area (Å²) in [6.07, 6.45) is 0.896. The maximum Gasteiger partial charge on any atom is 0.241 e. The number of carbonyl (C=O) groups excluding carboxylic acids is 1. The molecule has 0 spiro atoms. The highest BCUT2D eigenvalue weighted by molar-refractivity contribution is 5.95. The minimum absolute atomic E-state index is 0.116. The molecule has 1 aromatic rings. The number of nitrogens with two attached hydrogens (primary N) is 1. The molecule has 0 aromatic heterocycles. The van der Waals surface area contributed by atoms with Crippen molar-refractivity contribution >= 4 is 17.3 Å². The Kier molecular flexibility index (Phi) is 5.36. The SMILES string of the molecule is CC[C@H](C)[C@H](N)C(=O)Nc1ccc(N(C)C)cc1C. The van der Waals surface area contributed by atoms with Crippen LogP contribution in [0.4, 0.5) is 11.4 Å². The number of benzene rings is 1. The smallest absolute Gasteiger partial charge is 0.241 e. The van der Waals surface area contributed by atoms with Crippen LogP contribution in [-0.4, -0.2) is 26.0 Å². The maximum absolute atomic E-state index is 12.0. The van der Waals surface area contributed by atoms with E-state index in [0.717, 1.165) is 23.4 Å². The molecule has 4 nitrogen and oxygen atoms in total. The lowest BCUT2D eigenvalue weighted by molar-refractivity contribution is -0.118. The molecule has 1 rings (SSSR count). The van der Waals surface area contributed by atoms with E-state index in [1.807, 2.05) is 58.0 Å². The van der Waals surface area contributed by atoms with E-state index in [9.17, 15) is 4.79 Å². The number of hydrogen-bond donors (Lipinski definition) is 2. The Morgan fingerprint density at radius 3 is 2.53 bits per heavy atom. The fourth-order valence-electron chi connectivity index (χ4n) is 1.79. The largest absolute Gasteiger partial charge is 0.378 e. The van der Waals surface area contributed by atoms with Crippen LogP contribution in [0.5, 0.6) is 0 Å². The highest BCUT2D eigenvalue weighted by atomic mass is 16.2. The van der Waals surface area contributed by atoms with E-state index in [1.54, 1.807) is 0 Å². The standard InChI is InChI=1S/C15H25N3O/c1-6-10(2)14(16)15(19)17-13-8-7-12(18(4)5)9-11(13)3/h7-10,14H,6,16H2,1-5H3,(H,17,19)/t10-,14-/m0/s1. The summed E-state index contributed by atoms with van der Waals surface area (Å²) >= 11 is 0. The quantitative estimate of drug-likeness (QED) is 0.857. The lowest BCUT2D eigenvalue weighted by Gasteiger charge is -2.19. The first-order valence-corrected chi connectivity index (χ1v) is 6.71. The van der Waals surface area contributed by atoms with Gasteiger partial charge in [0, 0.05) is 25.5 Å². The lowest BCUT2D eigenvalue weighted by atomic mass is 9.99. The van der Waals surface area contributed by atoms with Crippen LogP contribution in [0, 0.1) is 12.8 Å². The summed E-state index contributed by atoms with van der Waals surface area (Å²) in [5.74, 6) is 0.0661. The second-order valence-electron chi connectivity index (χ2n) is 5.29. The van der Waals surface area contributed by atoms with Gasteiger partial charge >= 0.3 is 0 Å². The minimum atomic E-state index is -0.460. The monoisotopic (exact) mass is 263 g/mol. The van der Waals surface area contributed by atoms with E-state index >= 15 is 0 Å². The van der Waals surface area contributed by atoms with Crippen molar-refractivity contribution in [2.75, 3.05) is 24.3 Å². The van der Waals surface area contributed by atoms with Crippen LogP contribution in [0.1, 0.15) is 25.8 Å². The summed E-state index contributed by atoms with van der Waals surface area (Å²) in [6, 6.07) is 5.49. The molecule has 0 bridgehead atoms. The molecule has 0 heterocycles. The molecule has 0 aliphatic rings. The van der Waals surface area contributed by atoms with Crippen LogP contribution >= 0.6 is 0 Å². The number of amides is 1. The zero-order valence-corrected chi connectivity index (χ0v) is 12.5. The molecule has 3 N–H and O–H groups in total. The van der Waals surface area contributed by atoms with E-state index in [0.29, 0.717) is 0 Å². The van der Waals surface area contributed by atoms with E-state index < -0.39 is 6.04 Å². The van der Waals surface area contributed by atoms with Crippen molar-refractivity contribution in [3.63, 3.8) is 0 Å². The first-order valence-electron chi connectivity index (χ1n) is 6.71. The number of aryl methyl sites for hydroxylation is 1. The van der Waals surface area contributed by atoms with E-state index in [-0.39, 0.29) is 11.8 Å². The summed E-state index contributed by atoms with van der Waals surface area (Å²) < 4.78 is 0. The van der Waals surface area contributed by atoms with Crippen molar-refractivity contribution in [2.45, 2.75) is 33.2 Å². The fraction of sp³-hybridized carbons (Fsp3) is 0.533. The topological polar surface area (TPSA) is 58.4 Å². The molecule has 0 aliphatic heterocycles. The third kappa shape index (κ3) is 3.96. The fourth-order valence-corrected chi connectivity index (χ4v) is 1.79. The molecule has 1 aromatic carbocycles. The maximum atomic E-state index is 12.0. The van der Waals surface area contributed by atoms with Gasteiger partial charge in [-0.3, -0.25) is 4.79 Å². The zero-order valence-electron chi connectivity index (χ0n) is 12.5. The molecule has 0 fully saturated rings. The average Bonchev–Trinajstić information content (AvgIpc) is 2.38. The molecule has 0 saturated heterocycles. The van der Waals surface area contributed by atoms with Gasteiger partial charge in [-0.1, -0.05) is 20.3 Å². The molecule has 0 unspecified atom stereocenters. The average molecular weight is 263 g/mol. The number of nitrogens with zero attached hydrogens (tertiary/aromatic N) is 1. The van der Waals surface area contributed by atoms with Gasteiger partial charge in [-0.25, -0.2) is 0 Å². The molecule has 19 heavy (non-hydrogen) atoms. The van der Waals surface area contributed by atoms with Crippen LogP contribution in [0.25, 0.3) is 0 Å². The molecular formula is C15H25N3O. The Hall–Kier alpha value is -1.55. The number of rotatable bonds is 5. The highest BCUT2D eigenvalue weighted by Crippen LogP contribution is 2.21. The first-order chi connectivity index (χ1) is 8.86. The predicted molar refractivity (Wildman–Crippen MR) is 81.6 cm³/mol. The molecule has 4 heteroatoms. The van der Waals surface area contributed by atoms with Crippen molar-refractivity contribution in [1.29, 1.82) is 0 Å². The molecule has 0 saturated carbocycles. The summed E-state index contributed by atoms with van der Waals surface area (Å²) in [4.78, 5) is 14.1. The molecule has 106 valence electrons. The normalized spacial score (nSPS) is 13.8. The molecular weight excluding hydrogens is 238 g/mol. The van der Waals surface area contributed by atoms with Crippen LogP contribution < -0.4 is 16.0 Å². The van der Waals surface area contributed by atoms with Crippen molar-refractivity contribution in [1.82, 2.24) is 0 Å². The van der Waals surface area contributed by atoms with Crippen molar-refractivity contribution in [3.05, 3.63) is 23.8 Å². The van der Waals surface area contributed by atoms with Crippen LogP contribution in [0.3, 0.4) is 0 Å². The Morgan fingerprint density at radius 1 is 1.42 bits per heavy atom. The summed E-state index contributed by atoms with van der Waals surface area (Å²) in [5.41, 5.74) is 8.91. The highest BCUT2D eigenvalue weighted by Gasteiger charge is 2.19. The first kappa shape index (κ1) is 15.5. The Morgan fingerprint density at radius 2 is 2.05 bits per heavy atom. The van der Waals surface area contributed by atoms with Gasteiger partial charge in [-0.05, 0) is 36.6 Å². The summed E-state index contributed by atoms with van der Waals surface area (Å²) in [6.45, 7) is 6.01. The van der Waals surface area contributed by atoms with Crippen LogP contribution in [-0.2, 0) is 4.79 Å². The van der Waals surface area contributed by atoms with Gasteiger partial charge in [-0.2, -0.15) is 0 Å². The van der Waals surface area contributed by atoms with Gasteiger partial charge in [0.05, 0.1) is 6.04 Å². The Bertz CT molecular complexity index is 443. The van der Waals surface area contributed by atoms with Crippen molar-refractivity contribution in [2.24, 2.45) is 11.7 Å². The molecule has 0 radical (unpaired) electrons.